The maximum Gasteiger partial charge on any atom is 0.499 e. The van der Waals surface area contributed by atoms with Gasteiger partial charge in [0.2, 0.25) is 5.69 Å². The van der Waals surface area contributed by atoms with E-state index >= 15 is 0 Å². The van der Waals surface area contributed by atoms with E-state index in [2.05, 4.69) is 47.9 Å². The number of hydrogen-bond donors (Lipinski definition) is 0. The van der Waals surface area contributed by atoms with E-state index < -0.39 is 96.4 Å². The van der Waals surface area contributed by atoms with E-state index in [-0.39, 0.29) is 5.69 Å². The number of ether oxygens (including phenoxy) is 1. The summed E-state index contributed by atoms with van der Waals surface area (Å²) in [6, 6.07) is 28.1. The van der Waals surface area contributed by atoms with Gasteiger partial charge in [0.25, 0.3) is 0 Å². The maximum absolute atomic E-state index is 10.2. The van der Waals surface area contributed by atoms with E-state index in [4.69, 9.17) is 17.1 Å². The number of para-hydroxylation sites is 2. The predicted octanol–water partition coefficient (Wildman–Crippen LogP) is 11.9. The molecule has 3 aliphatic rings. The van der Waals surface area contributed by atoms with Crippen LogP contribution in [0.3, 0.4) is 0 Å². The summed E-state index contributed by atoms with van der Waals surface area (Å²) in [6.07, 6.45) is 0.172. The molecule has 0 N–H and O–H groups in total. The molecule has 0 aliphatic carbocycles. The second-order valence-electron chi connectivity index (χ2n) is 16.1. The fourth-order valence-corrected chi connectivity index (χ4v) is 8.92. The summed E-state index contributed by atoms with van der Waals surface area (Å²) in [7, 11) is 0. The van der Waals surface area contributed by atoms with Crippen molar-refractivity contribution >= 4 is 11.0 Å². The first kappa shape index (κ1) is 21.3. The Morgan fingerprint density at radius 1 is 0.684 bits per heavy atom. The molecule has 1 spiro atoms. The molecular weight excluding hydrogens is 695 g/mol. The smallest absolute Gasteiger partial charge is 0.392 e. The molecule has 0 amide bonds. The number of benzene rings is 6. The average Bonchev–Trinajstić information content (AvgIpc) is 3.83. The zero-order chi connectivity index (χ0) is 52.6. The van der Waals surface area contributed by atoms with Crippen LogP contribution in [0.4, 0.5) is 0 Å². The van der Waals surface area contributed by atoms with Crippen molar-refractivity contribution in [1.29, 1.82) is 0 Å². The number of fused-ring (bicyclic) bond motifs is 5. The third-order valence-electron chi connectivity index (χ3n) is 11.6. The van der Waals surface area contributed by atoms with Gasteiger partial charge >= 0.3 is 11.7 Å². The van der Waals surface area contributed by atoms with Crippen LogP contribution >= 0.6 is 0 Å². The highest BCUT2D eigenvalue weighted by atomic mass is 16.5. The van der Waals surface area contributed by atoms with Gasteiger partial charge < -0.3 is 4.74 Å². The van der Waals surface area contributed by atoms with Crippen molar-refractivity contribution in [3.05, 3.63) is 168 Å². The predicted molar refractivity (Wildman–Crippen MR) is 231 cm³/mol. The number of pyridine rings is 1. The van der Waals surface area contributed by atoms with Crippen LogP contribution in [0.1, 0.15) is 92.4 Å². The summed E-state index contributed by atoms with van der Waals surface area (Å²) in [5.41, 5.74) is 2.73. The lowest BCUT2D eigenvalue weighted by Gasteiger charge is -2.32. The highest BCUT2D eigenvalue weighted by molar-refractivity contribution is 5.98. The van der Waals surface area contributed by atoms with Gasteiger partial charge in [0.1, 0.15) is 23.9 Å². The minimum absolute atomic E-state index is 0.0353. The molecule has 6 aromatic carbocycles. The molecule has 2 aromatic heterocycles. The zero-order valence-electron chi connectivity index (χ0n) is 47.8. The minimum atomic E-state index is -3.91. The van der Waals surface area contributed by atoms with Gasteiger partial charge in [-0.1, -0.05) is 121 Å². The molecule has 0 saturated heterocycles. The van der Waals surface area contributed by atoms with Gasteiger partial charge in [0, 0.05) is 35.5 Å². The van der Waals surface area contributed by atoms with Crippen LogP contribution in [0.15, 0.2) is 146 Å². The molecule has 5 heterocycles. The fraction of sp³-hybridized carbons (Fsp3) is 0.208. The summed E-state index contributed by atoms with van der Waals surface area (Å²) in [4.78, 5) is 0. The summed E-state index contributed by atoms with van der Waals surface area (Å²) in [5.74, 6) is -0.732. The average molecular weight is 758 g/mol. The monoisotopic (exact) mass is 757 g/mol. The van der Waals surface area contributed by atoms with E-state index in [1.54, 1.807) is 0 Å². The Labute approximate surface area is 357 Å². The lowest BCUT2D eigenvalue weighted by Crippen LogP contribution is -2.78. The molecule has 0 bridgehead atoms. The van der Waals surface area contributed by atoms with Crippen LogP contribution in [-0.2, 0) is 23.1 Å². The molecule has 11 rings (SSSR count). The van der Waals surface area contributed by atoms with Gasteiger partial charge in [0.05, 0.1) is 13.8 Å². The lowest BCUT2D eigenvalue weighted by atomic mass is 9.80. The summed E-state index contributed by atoms with van der Waals surface area (Å²) >= 11 is 0. The fourth-order valence-electron chi connectivity index (χ4n) is 8.92. The van der Waals surface area contributed by atoms with Crippen LogP contribution in [0.25, 0.3) is 72.7 Å². The number of nitrogens with zero attached hydrogens (tertiary/aromatic N) is 3. The van der Waals surface area contributed by atoms with Crippen molar-refractivity contribution in [3.8, 4) is 67.5 Å². The lowest BCUT2D eigenvalue weighted by molar-refractivity contribution is -0.997. The van der Waals surface area contributed by atoms with Gasteiger partial charge in [-0.3, -0.25) is 0 Å². The van der Waals surface area contributed by atoms with E-state index in [9.17, 15) is 9.60 Å². The number of hydrogen-bond acceptors (Lipinski definition) is 1. The third kappa shape index (κ3) is 4.67. The van der Waals surface area contributed by atoms with Gasteiger partial charge in [0.15, 0.2) is 17.2 Å². The molecule has 1 atom stereocenters. The SMILES string of the molecule is [2H]c1c([2H])c(C(C([2H])([2H])[2H])(C([2H])([2H])[2H])C([2H])([2H])[2H])c([2H])c([2H])c1-c1c([2H])c([2H])[n+]2c(c1[2H])-c1cc(C(C)(C)C)cc3c1C21Oc2ccccc2-c2n(-c4ccc(-c5ccccc5)c(CC)c4)c4cccc-3c4[n+]21. The maximum atomic E-state index is 10.2. The van der Waals surface area contributed by atoms with Crippen molar-refractivity contribution in [2.75, 3.05) is 0 Å². The molecule has 3 aliphatic heterocycles. The molecule has 0 fully saturated rings. The van der Waals surface area contributed by atoms with Crippen molar-refractivity contribution in [2.45, 2.75) is 71.4 Å². The summed E-state index contributed by atoms with van der Waals surface area (Å²) in [6.45, 7) is -3.52. The Morgan fingerprint density at radius 3 is 2.21 bits per heavy atom. The third-order valence-corrected chi connectivity index (χ3v) is 11.6. The molecule has 0 saturated carbocycles. The highest BCUT2D eigenvalue weighted by Gasteiger charge is 2.68. The Hall–Kier alpha value is -6.26. The number of imidazole rings is 1. The van der Waals surface area contributed by atoms with Crippen molar-refractivity contribution in [3.63, 3.8) is 0 Å². The summed E-state index contributed by atoms with van der Waals surface area (Å²) < 4.78 is 155. The molecule has 0 radical (unpaired) electrons. The first-order valence-electron chi connectivity index (χ1n) is 27.1. The normalized spacial score (nSPS) is 20.6. The molecule has 278 valence electrons. The Bertz CT molecular complexity index is 3670. The van der Waals surface area contributed by atoms with Crippen molar-refractivity contribution in [2.24, 2.45) is 0 Å². The molecule has 57 heavy (non-hydrogen) atoms. The van der Waals surface area contributed by atoms with Gasteiger partial charge in [-0.2, -0.15) is 4.57 Å². The molecular formula is C53H47N3O+2. The number of aromatic nitrogens is 3. The number of rotatable bonds is 4. The molecule has 8 aromatic rings. The quantitative estimate of drug-likeness (QED) is 0.164. The van der Waals surface area contributed by atoms with Gasteiger partial charge in [-0.15, -0.1) is 9.13 Å². The first-order chi connectivity index (χ1) is 34.2. The second kappa shape index (κ2) is 11.6. The first-order valence-corrected chi connectivity index (χ1v) is 19.1. The molecule has 1 unspecified atom stereocenters. The van der Waals surface area contributed by atoms with Gasteiger partial charge in [-0.25, -0.2) is 0 Å². The number of aryl methyl sites for hydroxylation is 1. The minimum Gasteiger partial charge on any atom is -0.392 e. The van der Waals surface area contributed by atoms with Crippen molar-refractivity contribution in [1.82, 2.24) is 4.57 Å². The van der Waals surface area contributed by atoms with E-state index in [0.717, 1.165) is 62.1 Å². The Kier molecular flexibility index (Phi) is 4.35. The van der Waals surface area contributed by atoms with E-state index in [0.29, 0.717) is 22.7 Å². The zero-order valence-corrected chi connectivity index (χ0v) is 31.8. The van der Waals surface area contributed by atoms with Crippen LogP contribution < -0.4 is 13.9 Å². The second-order valence-corrected chi connectivity index (χ2v) is 16.1. The highest BCUT2D eigenvalue weighted by Crippen LogP contribution is 2.54. The van der Waals surface area contributed by atoms with Crippen LogP contribution in [0, 0.1) is 0 Å². The molecule has 4 heteroatoms. The summed E-state index contributed by atoms with van der Waals surface area (Å²) in [5, 5.41) is 0. The van der Waals surface area contributed by atoms with E-state index in [1.807, 2.05) is 92.1 Å². The Balaban J connectivity index is 1.28. The van der Waals surface area contributed by atoms with Crippen LogP contribution in [0.2, 0.25) is 0 Å². The topological polar surface area (TPSA) is 21.9 Å². The Morgan fingerprint density at radius 2 is 1.44 bits per heavy atom. The van der Waals surface area contributed by atoms with Crippen LogP contribution in [0.5, 0.6) is 5.75 Å². The standard InChI is InChI=1S/C53H47N3O/c1-8-33-29-39(25-26-40(33)35-15-10-9-11-16-35)55-45-19-14-18-41-43-31-38(52(5,6)7)32-44-46-30-36(34-21-23-37(24-22-34)51(2,3)4)27-28-54(46)53(48(43)44)56(49(41)45)50(55)42-17-12-13-20-47(42)57-53/h9-32H,8H2,1-7H3/q+2/i2D3,3D3,4D3,21D,22D,23D,24D,27D,28D,30D. The largest absolute Gasteiger partial charge is 0.499 e. The van der Waals surface area contributed by atoms with Gasteiger partial charge in [-0.05, 0) is 111 Å². The van der Waals surface area contributed by atoms with E-state index in [1.165, 1.54) is 4.57 Å². The molecule has 4 nitrogen and oxygen atoms in total. The van der Waals surface area contributed by atoms with Crippen molar-refractivity contribution < 1.29 is 35.8 Å². The van der Waals surface area contributed by atoms with Crippen LogP contribution in [-0.4, -0.2) is 4.57 Å².